The summed E-state index contributed by atoms with van der Waals surface area (Å²) < 4.78 is 8.99. The highest BCUT2D eigenvalue weighted by molar-refractivity contribution is 6.31. The Morgan fingerprint density at radius 3 is 2.33 bits per heavy atom. The van der Waals surface area contributed by atoms with E-state index in [0.717, 1.165) is 35.2 Å². The minimum atomic E-state index is -0.981. The predicted octanol–water partition coefficient (Wildman–Crippen LogP) is 6.15. The van der Waals surface area contributed by atoms with Crippen molar-refractivity contribution in [2.75, 3.05) is 5.32 Å². The minimum Gasteiger partial charge on any atom is -0.446 e. The van der Waals surface area contributed by atoms with E-state index in [1.54, 1.807) is 29.2 Å². The number of carbonyl (C=O) groups excluding carboxylic acids is 2. The fourth-order valence-electron chi connectivity index (χ4n) is 4.83. The number of nitrogens with one attached hydrogen (secondary N) is 2. The van der Waals surface area contributed by atoms with Gasteiger partial charge in [-0.25, -0.2) is 9.78 Å². The molecule has 2 amide bonds. The molecular weight excluding hydrogens is 554 g/mol. The fourth-order valence-corrected chi connectivity index (χ4v) is 5.11. The summed E-state index contributed by atoms with van der Waals surface area (Å²) in [4.78, 5) is 42.9. The molecule has 9 nitrogen and oxygen atoms in total. The van der Waals surface area contributed by atoms with Crippen LogP contribution in [0, 0.1) is 0 Å². The first-order valence-corrected chi connectivity index (χ1v) is 14.3. The summed E-state index contributed by atoms with van der Waals surface area (Å²) in [6.07, 6.45) is 6.18. The van der Waals surface area contributed by atoms with Crippen LogP contribution in [0.5, 0.6) is 0 Å². The molecule has 0 saturated heterocycles. The molecule has 5 rings (SSSR count). The van der Waals surface area contributed by atoms with Gasteiger partial charge < -0.3 is 24.5 Å². The number of benzene rings is 2. The normalized spacial score (nSPS) is 14.3. The Labute approximate surface area is 249 Å². The third-order valence-corrected chi connectivity index (χ3v) is 7.78. The molecule has 1 saturated carbocycles. The lowest BCUT2D eigenvalue weighted by Gasteiger charge is -2.26. The predicted molar refractivity (Wildman–Crippen MR) is 164 cm³/mol. The molecule has 218 valence electrons. The average molecular weight is 588 g/mol. The highest BCUT2D eigenvalue weighted by Gasteiger charge is 2.33. The van der Waals surface area contributed by atoms with E-state index in [0.29, 0.717) is 16.3 Å². The number of ether oxygens (including phenoxy) is 1. The number of amides is 2. The van der Waals surface area contributed by atoms with Crippen molar-refractivity contribution in [3.05, 3.63) is 94.3 Å². The summed E-state index contributed by atoms with van der Waals surface area (Å²) in [6, 6.07) is 15.3. The van der Waals surface area contributed by atoms with Gasteiger partial charge in [0.15, 0.2) is 0 Å². The van der Waals surface area contributed by atoms with Gasteiger partial charge in [-0.05, 0) is 79.3 Å². The average Bonchev–Trinajstić information content (AvgIpc) is 3.68. The molecule has 1 aliphatic carbocycles. The van der Waals surface area contributed by atoms with E-state index in [9.17, 15) is 14.4 Å². The van der Waals surface area contributed by atoms with Gasteiger partial charge in [0.25, 0.3) is 5.56 Å². The lowest BCUT2D eigenvalue weighted by molar-refractivity contribution is -0.118. The number of imidazole rings is 1. The van der Waals surface area contributed by atoms with Gasteiger partial charge in [-0.1, -0.05) is 36.7 Å². The summed E-state index contributed by atoms with van der Waals surface area (Å²) in [5, 5.41) is 6.17. The van der Waals surface area contributed by atoms with E-state index < -0.39 is 24.0 Å². The third-order valence-electron chi connectivity index (χ3n) is 7.43. The molecule has 0 radical (unpaired) electrons. The molecule has 0 bridgehead atoms. The number of pyridine rings is 1. The summed E-state index contributed by atoms with van der Waals surface area (Å²) in [7, 11) is 1.91. The van der Waals surface area contributed by atoms with Gasteiger partial charge in [-0.2, -0.15) is 0 Å². The zero-order valence-corrected chi connectivity index (χ0v) is 24.8. The summed E-state index contributed by atoms with van der Waals surface area (Å²) >= 11 is 6.67. The van der Waals surface area contributed by atoms with Crippen LogP contribution >= 0.6 is 11.6 Å². The maximum atomic E-state index is 13.7. The van der Waals surface area contributed by atoms with E-state index in [1.807, 2.05) is 75.0 Å². The van der Waals surface area contributed by atoms with E-state index in [-0.39, 0.29) is 17.7 Å². The zero-order valence-electron chi connectivity index (χ0n) is 24.0. The molecule has 2 heterocycles. The molecule has 1 aliphatic rings. The number of aryl methyl sites for hydroxylation is 1. The van der Waals surface area contributed by atoms with Crippen molar-refractivity contribution < 1.29 is 14.3 Å². The van der Waals surface area contributed by atoms with Gasteiger partial charge in [-0.15, -0.1) is 0 Å². The first-order chi connectivity index (χ1) is 20.1. The number of alkyl carbamates (subject to hydrolysis) is 1. The molecule has 4 aromatic rings. The Hall–Kier alpha value is -4.37. The van der Waals surface area contributed by atoms with Gasteiger partial charge in [0.2, 0.25) is 5.91 Å². The molecular formula is C32H34ClN5O4. The van der Waals surface area contributed by atoms with Crippen LogP contribution in [0.1, 0.15) is 51.1 Å². The zero-order chi connectivity index (χ0) is 30.0. The van der Waals surface area contributed by atoms with Crippen molar-refractivity contribution in [1.29, 1.82) is 0 Å². The van der Waals surface area contributed by atoms with E-state index in [1.165, 1.54) is 6.07 Å². The molecule has 1 fully saturated rings. The molecule has 0 aliphatic heterocycles. The quantitative estimate of drug-likeness (QED) is 0.244. The summed E-state index contributed by atoms with van der Waals surface area (Å²) in [6.45, 7) is 5.73. The van der Waals surface area contributed by atoms with Crippen molar-refractivity contribution in [2.24, 2.45) is 7.05 Å². The molecule has 2 aromatic heterocycles. The smallest absolute Gasteiger partial charge is 0.408 e. The van der Waals surface area contributed by atoms with Crippen molar-refractivity contribution in [3.8, 4) is 22.4 Å². The number of rotatable bonds is 9. The summed E-state index contributed by atoms with van der Waals surface area (Å²) in [5.74, 6) is -0.924. The Kier molecular flexibility index (Phi) is 8.49. The maximum absolute atomic E-state index is 13.7. The lowest BCUT2D eigenvalue weighted by atomic mass is 9.90. The van der Waals surface area contributed by atoms with E-state index in [4.69, 9.17) is 16.3 Å². The standard InChI is InChI=1S/C32H34ClN5O4/c1-19(2)38-17-23(8-14-29(38)39)22-7-13-27(33)26(15-22)20(3)30(36-32(41)42-25-11-12-25)31(40)35-24-9-5-21(6-10-24)28-16-34-18-37(28)4/h5-10,13-20,25,30H,11-12H2,1-4H3,(H,35,40)(H,36,41). The second kappa shape index (κ2) is 12.2. The van der Waals surface area contributed by atoms with Gasteiger partial charge in [0.05, 0.1) is 18.2 Å². The van der Waals surface area contributed by atoms with Gasteiger partial charge in [0.1, 0.15) is 12.1 Å². The number of hydrogen-bond donors (Lipinski definition) is 2. The maximum Gasteiger partial charge on any atom is 0.408 e. The van der Waals surface area contributed by atoms with Crippen LogP contribution in [-0.2, 0) is 16.6 Å². The van der Waals surface area contributed by atoms with Crippen molar-refractivity contribution >= 4 is 29.3 Å². The SMILES string of the molecule is CC(c1cc(-c2ccc(=O)n(C(C)C)c2)ccc1Cl)C(NC(=O)OC1CC1)C(=O)Nc1ccc(-c2cncn2C)cc1. The van der Waals surface area contributed by atoms with E-state index in [2.05, 4.69) is 15.6 Å². The molecule has 0 spiro atoms. The van der Waals surface area contributed by atoms with Crippen LogP contribution in [0.25, 0.3) is 22.4 Å². The van der Waals surface area contributed by atoms with Crippen LogP contribution in [0.2, 0.25) is 5.02 Å². The number of hydrogen-bond acceptors (Lipinski definition) is 5. The van der Waals surface area contributed by atoms with Crippen LogP contribution in [0.15, 0.2) is 78.1 Å². The molecule has 10 heteroatoms. The molecule has 2 unspecified atom stereocenters. The molecule has 2 atom stereocenters. The molecule has 42 heavy (non-hydrogen) atoms. The fraction of sp³-hybridized carbons (Fsp3) is 0.312. The van der Waals surface area contributed by atoms with Crippen molar-refractivity contribution in [2.45, 2.75) is 57.7 Å². The molecule has 2 N–H and O–H groups in total. The highest BCUT2D eigenvalue weighted by atomic mass is 35.5. The second-order valence-corrected chi connectivity index (χ2v) is 11.4. The highest BCUT2D eigenvalue weighted by Crippen LogP contribution is 2.33. The topological polar surface area (TPSA) is 107 Å². The summed E-state index contributed by atoms with van der Waals surface area (Å²) in [5.41, 5.74) is 4.75. The van der Waals surface area contributed by atoms with Crippen LogP contribution < -0.4 is 16.2 Å². The van der Waals surface area contributed by atoms with Crippen LogP contribution in [0.4, 0.5) is 10.5 Å². The third kappa shape index (κ3) is 6.57. The lowest BCUT2D eigenvalue weighted by Crippen LogP contribution is -2.47. The minimum absolute atomic E-state index is 0.00361. The van der Waals surface area contributed by atoms with Crippen LogP contribution in [-0.4, -0.2) is 38.3 Å². The number of aromatic nitrogens is 3. The van der Waals surface area contributed by atoms with Gasteiger partial charge in [0, 0.05) is 42.0 Å². The van der Waals surface area contributed by atoms with Gasteiger partial charge >= 0.3 is 6.09 Å². The Morgan fingerprint density at radius 1 is 1.00 bits per heavy atom. The molecule has 2 aromatic carbocycles. The Bertz CT molecular complexity index is 1660. The monoisotopic (exact) mass is 587 g/mol. The number of nitrogens with zero attached hydrogens (tertiary/aromatic N) is 3. The van der Waals surface area contributed by atoms with Crippen molar-refractivity contribution in [3.63, 3.8) is 0 Å². The van der Waals surface area contributed by atoms with Gasteiger partial charge in [-0.3, -0.25) is 9.59 Å². The Morgan fingerprint density at radius 2 is 1.69 bits per heavy atom. The Balaban J connectivity index is 1.42. The first kappa shape index (κ1) is 29.1. The number of anilines is 1. The van der Waals surface area contributed by atoms with Crippen LogP contribution in [0.3, 0.4) is 0 Å². The van der Waals surface area contributed by atoms with E-state index >= 15 is 0 Å². The largest absolute Gasteiger partial charge is 0.446 e. The first-order valence-electron chi connectivity index (χ1n) is 14.0. The number of halogens is 1. The van der Waals surface area contributed by atoms with Crippen molar-refractivity contribution in [1.82, 2.24) is 19.4 Å². The second-order valence-electron chi connectivity index (χ2n) is 11.0. The number of carbonyl (C=O) groups is 2.